The molecule has 0 N–H and O–H groups in total. The van der Waals surface area contributed by atoms with Gasteiger partial charge in [-0.1, -0.05) is 150 Å². The second kappa shape index (κ2) is 43.5. The van der Waals surface area contributed by atoms with Crippen LogP contribution >= 0.6 is 0 Å². The second-order valence-corrected chi connectivity index (χ2v) is 25.1. The third-order valence-electron chi connectivity index (χ3n) is 16.5. The zero-order valence-corrected chi connectivity index (χ0v) is 59.2. The summed E-state index contributed by atoms with van der Waals surface area (Å²) in [6.45, 7) is -17.9. The van der Waals surface area contributed by atoms with Crippen molar-refractivity contribution in [3.8, 4) is 0 Å². The number of carbonyl (C=O) groups is 5. The Hall–Kier alpha value is -6.75. The van der Waals surface area contributed by atoms with Gasteiger partial charge in [0.05, 0.1) is 81.5 Å². The van der Waals surface area contributed by atoms with Crippen molar-refractivity contribution in [1.82, 2.24) is 24.5 Å². The fraction of sp³-hybridized carbons (Fsp3) is 0.598. The van der Waals surface area contributed by atoms with E-state index in [2.05, 4.69) is 9.47 Å². The standard InChI is InChI=1S/2C18H27NO2.3C17H25NO2/c2*1-4-21-17(20)14-18(8-10-19(3)11-9-18)13-16-7-5-6-15(2)12-16;3*1-3-20-16(19)14-17(9-11-18(2)12-10-17)13-15-7-5-4-6-8-15/h2*5-7,12H,4,8-11,13-14H2,1-3H3;3*4-8H,3,9-14H2,1-2H3/i3D3,5D,6D,7D,8D2,9D2,12D;5D,6D,7D,8D2,9D2,12D;1D3,2D3,3D2,9D2,10D2;1D3,3D2,9D2,10D2;2D3,9D2,10D2. The number of hydrogen-bond acceptors (Lipinski definition) is 15. The van der Waals surface area contributed by atoms with Crippen molar-refractivity contribution in [2.45, 2.75) is 176 Å². The highest BCUT2D eigenvalue weighted by molar-refractivity contribution is 5.72. The van der Waals surface area contributed by atoms with Gasteiger partial charge < -0.3 is 48.2 Å². The molecule has 0 aromatic heterocycles. The molecule has 5 saturated heterocycles. The van der Waals surface area contributed by atoms with E-state index in [9.17, 15) is 24.0 Å². The predicted octanol–water partition coefficient (Wildman–Crippen LogP) is 15.1. The average Bonchev–Trinajstić information content (AvgIpc) is 0.719. The summed E-state index contributed by atoms with van der Waals surface area (Å²) in [7, 11) is 3.17. The van der Waals surface area contributed by atoms with Crippen LogP contribution in [0.4, 0.5) is 0 Å². The zero-order chi connectivity index (χ0) is 115. The lowest BCUT2D eigenvalue weighted by Gasteiger charge is -2.40. The number of hydrogen-bond donors (Lipinski definition) is 0. The quantitative estimate of drug-likeness (QED) is 0.0403. The van der Waals surface area contributed by atoms with Crippen LogP contribution in [0, 0.1) is 40.9 Å². The van der Waals surface area contributed by atoms with E-state index < -0.39 is 277 Å². The van der Waals surface area contributed by atoms with E-state index in [0.29, 0.717) is 26.5 Å². The molecule has 10 rings (SSSR count). The number of benzene rings is 5. The zero-order valence-electron chi connectivity index (χ0n) is 106. The van der Waals surface area contributed by atoms with Crippen LogP contribution in [-0.4, -0.2) is 188 Å². The summed E-state index contributed by atoms with van der Waals surface area (Å²) in [4.78, 5) is 67.6. The summed E-state index contributed by atoms with van der Waals surface area (Å²) in [5, 5.41) is 0. The van der Waals surface area contributed by atoms with Gasteiger partial charge >= 0.3 is 29.8 Å². The minimum Gasteiger partial charge on any atom is -0.466 e. The molecule has 0 amide bonds. The number of nitrogens with zero attached hydrogens (tertiary/aromatic N) is 5. The first kappa shape index (κ1) is 39.0. The first-order chi connectivity index (χ1) is 67.2. The van der Waals surface area contributed by atoms with Crippen molar-refractivity contribution in [1.29, 1.82) is 0 Å². The van der Waals surface area contributed by atoms with E-state index in [4.69, 9.17) is 78.6 Å². The highest BCUT2D eigenvalue weighted by atomic mass is 16.5. The van der Waals surface area contributed by atoms with Crippen LogP contribution in [0.5, 0.6) is 0 Å². The molecule has 15 nitrogen and oxygen atoms in total. The van der Waals surface area contributed by atoms with Gasteiger partial charge in [0.25, 0.3) is 0 Å². The SMILES string of the molecule is [2H]C([2H])([2H])C([2H])([2H])OC(=O)CC1(Cc2ccccc2)C([2H])([2H])CN(C)CC1([2H])[2H].[2H]C([2H])([2H])N1CC([2H])([2H])C(CC(=O)OC([2H])([2H])C([2H])([2H])[2H])(Cc2ccccc2)C([2H])([2H])C1.[2H]C([2H])([2H])N1CC([2H])([2H])C(CC(=O)OCC)(Cc2ccccc2)C([2H])([2H])C1.[2H]c1c([2H])c(C)c([2H])c(CC2(CC(=O)OCC)C([2H])([2H])CN(C([2H])([2H])[2H])CC2([2H])[2H])c1[2H].[2H]c1c([2H])c(C)c([2H])c(CC2(CC(=O)OCC)C([2H])([2H])CN(C)CC2([2H])[2H])c1[2H]. The first-order valence-corrected chi connectivity index (χ1v) is 33.5. The van der Waals surface area contributed by atoms with E-state index in [1.165, 1.54) is 30.6 Å². The van der Waals surface area contributed by atoms with Crippen LogP contribution in [0.25, 0.3) is 0 Å². The van der Waals surface area contributed by atoms with Gasteiger partial charge in [-0.15, -0.1) is 0 Å². The van der Waals surface area contributed by atoms with E-state index >= 15 is 0 Å². The lowest BCUT2D eigenvalue weighted by Crippen LogP contribution is -2.40. The Bertz CT molecular complexity index is 5300. The molecule has 0 saturated carbocycles. The van der Waals surface area contributed by atoms with Crippen LogP contribution in [0.3, 0.4) is 0 Å². The fourth-order valence-electron chi connectivity index (χ4n) is 11.4. The molecule has 0 spiro atoms. The molecule has 5 aromatic rings. The molecule has 0 bridgehead atoms. The van der Waals surface area contributed by atoms with E-state index in [1.54, 1.807) is 119 Å². The summed E-state index contributed by atoms with van der Waals surface area (Å²) in [6.07, 6.45) is -28.6. The molecule has 0 unspecified atom stereocenters. The fourth-order valence-corrected chi connectivity index (χ4v) is 11.4. The van der Waals surface area contributed by atoms with Crippen molar-refractivity contribution in [3.05, 3.63) is 178 Å². The molecular weight excluding hydrogens is 1270 g/mol. The van der Waals surface area contributed by atoms with Crippen LogP contribution < -0.4 is 0 Å². The van der Waals surface area contributed by atoms with Crippen LogP contribution in [0.15, 0.2) is 139 Å². The molecule has 0 radical (unpaired) electrons. The third-order valence-corrected chi connectivity index (χ3v) is 16.5. The number of esters is 5. The molecule has 5 aliphatic rings. The largest absolute Gasteiger partial charge is 0.466 e. The van der Waals surface area contributed by atoms with Gasteiger partial charge in [0.1, 0.15) is 0 Å². The topological polar surface area (TPSA) is 148 Å². The Balaban J connectivity index is 0.000000285. The summed E-state index contributed by atoms with van der Waals surface area (Å²) in [6, 6.07) is 22.7. The van der Waals surface area contributed by atoms with Crippen LogP contribution in [0.1, 0.15) is 234 Å². The van der Waals surface area contributed by atoms with Crippen molar-refractivity contribution in [2.75, 3.05) is 133 Å². The number of rotatable bonds is 25. The van der Waals surface area contributed by atoms with Gasteiger partial charge in [-0.25, -0.2) is 0 Å². The smallest absolute Gasteiger partial charge is 0.306 e. The van der Waals surface area contributed by atoms with Crippen molar-refractivity contribution < 1.29 is 112 Å². The number of carbonyl (C=O) groups excluding carboxylic acids is 5. The van der Waals surface area contributed by atoms with Crippen LogP contribution in [-0.2, 0) is 79.8 Å². The van der Waals surface area contributed by atoms with Crippen molar-refractivity contribution >= 4 is 29.8 Å². The van der Waals surface area contributed by atoms with Gasteiger partial charge in [-0.2, -0.15) is 0 Å². The number of piperidine rings is 5. The highest BCUT2D eigenvalue weighted by Gasteiger charge is 2.41. The van der Waals surface area contributed by atoms with Gasteiger partial charge in [0, 0.05) is 48.0 Å². The predicted molar refractivity (Wildman–Crippen MR) is 412 cm³/mol. The van der Waals surface area contributed by atoms with Gasteiger partial charge in [-0.3, -0.25) is 24.0 Å². The molecule has 102 heavy (non-hydrogen) atoms. The molecule has 15 heteroatoms. The first-order valence-electron chi connectivity index (χ1n) is 57.0. The summed E-state index contributed by atoms with van der Waals surface area (Å²) < 4.78 is 403. The summed E-state index contributed by atoms with van der Waals surface area (Å²) in [5.74, 6) is -5.05. The Labute approximate surface area is 681 Å². The summed E-state index contributed by atoms with van der Waals surface area (Å²) >= 11 is 0. The molecule has 5 fully saturated rings. The third kappa shape index (κ3) is 30.1. The second-order valence-electron chi connectivity index (χ2n) is 25.1. The molecule has 0 atom stereocenters. The summed E-state index contributed by atoms with van der Waals surface area (Å²) in [5.41, 5.74) is -8.06. The molecule has 562 valence electrons. The molecule has 5 aliphatic heterocycles. The van der Waals surface area contributed by atoms with Gasteiger partial charge in [-0.05, 0) is 300 Å². The normalized spacial score (nSPS) is 31.2. The van der Waals surface area contributed by atoms with Gasteiger partial charge in [0.2, 0.25) is 0 Å². The minimum atomic E-state index is -3.36. The average molecular weight is 1450 g/mol. The Morgan fingerprint density at radius 3 is 0.843 bits per heavy atom. The maximum atomic E-state index is 12.7. The molecule has 0 aliphatic carbocycles. The Kier molecular flexibility index (Phi) is 16.6. The lowest BCUT2D eigenvalue weighted by molar-refractivity contribution is -0.147. The molecular formula is C87H129N5O10. The van der Waals surface area contributed by atoms with E-state index in [-0.39, 0.29) is 112 Å². The van der Waals surface area contributed by atoms with E-state index in [0.717, 1.165) is 4.90 Å². The van der Waals surface area contributed by atoms with Gasteiger partial charge in [0.15, 0.2) is 0 Å². The molecule has 5 heterocycles. The Morgan fingerprint density at radius 2 is 0.608 bits per heavy atom. The highest BCUT2D eigenvalue weighted by Crippen LogP contribution is 2.43. The number of ether oxygens (including phenoxy) is 5. The maximum absolute atomic E-state index is 12.7. The van der Waals surface area contributed by atoms with E-state index in [1.807, 2.05) is 0 Å². The van der Waals surface area contributed by atoms with Crippen molar-refractivity contribution in [3.63, 3.8) is 0 Å². The monoisotopic (exact) mass is 1450 g/mol. The number of likely N-dealkylation sites (tertiary alicyclic amines) is 5. The lowest BCUT2D eigenvalue weighted by atomic mass is 9.71. The maximum Gasteiger partial charge on any atom is 0.306 e. The minimum absolute atomic E-state index is 0.0231. The molecule has 5 aromatic carbocycles. The Morgan fingerprint density at radius 1 is 0.373 bits per heavy atom. The van der Waals surface area contributed by atoms with Crippen molar-refractivity contribution in [2.24, 2.45) is 27.1 Å². The van der Waals surface area contributed by atoms with Crippen LogP contribution in [0.2, 0.25) is 0 Å².